The van der Waals surface area contributed by atoms with Crippen molar-refractivity contribution >= 4 is 16.8 Å². The highest BCUT2D eigenvalue weighted by molar-refractivity contribution is 6.05. The lowest BCUT2D eigenvalue weighted by Crippen LogP contribution is -2.36. The highest BCUT2D eigenvalue weighted by atomic mass is 19.1. The Labute approximate surface area is 122 Å². The first-order chi connectivity index (χ1) is 10.0. The van der Waals surface area contributed by atoms with Crippen LogP contribution < -0.4 is 0 Å². The van der Waals surface area contributed by atoms with Crippen molar-refractivity contribution in [2.45, 2.75) is 6.10 Å². The highest BCUT2D eigenvalue weighted by Crippen LogP contribution is 2.19. The van der Waals surface area contributed by atoms with Crippen LogP contribution in [-0.4, -0.2) is 54.3 Å². The normalized spacial score (nSPS) is 12.4. The van der Waals surface area contributed by atoms with Crippen molar-refractivity contribution in [1.29, 1.82) is 0 Å². The van der Waals surface area contributed by atoms with Crippen LogP contribution in [0.25, 0.3) is 10.9 Å². The molecule has 0 aliphatic carbocycles. The van der Waals surface area contributed by atoms with Gasteiger partial charge in [0.15, 0.2) is 0 Å². The van der Waals surface area contributed by atoms with Crippen LogP contribution in [-0.2, 0) is 4.74 Å². The fraction of sp³-hybridized carbons (Fsp3) is 0.333. The lowest BCUT2D eigenvalue weighted by Gasteiger charge is -2.21. The molecule has 1 unspecified atom stereocenters. The molecule has 1 atom stereocenters. The number of hydrogen-bond acceptors (Lipinski definition) is 4. The number of carbonyl (C=O) groups is 1. The van der Waals surface area contributed by atoms with Gasteiger partial charge in [0.1, 0.15) is 5.82 Å². The van der Waals surface area contributed by atoms with Crippen molar-refractivity contribution in [1.82, 2.24) is 9.88 Å². The maximum absolute atomic E-state index is 13.6. The molecule has 1 N–H and O–H groups in total. The number of aliphatic hydroxyl groups excluding tert-OH is 1. The van der Waals surface area contributed by atoms with Gasteiger partial charge in [0.25, 0.3) is 5.91 Å². The highest BCUT2D eigenvalue weighted by Gasteiger charge is 2.19. The number of halogens is 1. The molecule has 0 bridgehead atoms. The van der Waals surface area contributed by atoms with Crippen molar-refractivity contribution in [3.8, 4) is 0 Å². The minimum atomic E-state index is -0.795. The van der Waals surface area contributed by atoms with Crippen LogP contribution >= 0.6 is 0 Å². The van der Waals surface area contributed by atoms with Crippen LogP contribution in [0.4, 0.5) is 4.39 Å². The Morgan fingerprint density at radius 3 is 3.00 bits per heavy atom. The summed E-state index contributed by atoms with van der Waals surface area (Å²) < 4.78 is 18.5. The van der Waals surface area contributed by atoms with E-state index in [1.165, 1.54) is 18.1 Å². The Morgan fingerprint density at radius 1 is 1.52 bits per heavy atom. The van der Waals surface area contributed by atoms with E-state index >= 15 is 0 Å². The molecule has 2 aromatic rings. The zero-order valence-corrected chi connectivity index (χ0v) is 11.9. The maximum Gasteiger partial charge on any atom is 0.256 e. The van der Waals surface area contributed by atoms with Crippen LogP contribution in [0.3, 0.4) is 0 Å². The van der Waals surface area contributed by atoms with Gasteiger partial charge < -0.3 is 14.7 Å². The Morgan fingerprint density at radius 2 is 2.29 bits per heavy atom. The van der Waals surface area contributed by atoms with Crippen LogP contribution in [0.2, 0.25) is 0 Å². The Bertz CT molecular complexity index is 648. The van der Waals surface area contributed by atoms with E-state index in [2.05, 4.69) is 4.98 Å². The second-order valence-electron chi connectivity index (χ2n) is 4.82. The molecule has 1 amide bonds. The molecule has 1 aromatic carbocycles. The lowest BCUT2D eigenvalue weighted by atomic mass is 10.1. The largest absolute Gasteiger partial charge is 0.389 e. The molecule has 0 aliphatic heterocycles. The van der Waals surface area contributed by atoms with Crippen molar-refractivity contribution < 1.29 is 19.0 Å². The van der Waals surface area contributed by atoms with Gasteiger partial charge in [0.2, 0.25) is 0 Å². The first-order valence-electron chi connectivity index (χ1n) is 6.49. The number of methoxy groups -OCH3 is 1. The molecular weight excluding hydrogens is 275 g/mol. The summed E-state index contributed by atoms with van der Waals surface area (Å²) >= 11 is 0. The number of aliphatic hydroxyl groups is 1. The third kappa shape index (κ3) is 3.53. The van der Waals surface area contributed by atoms with E-state index in [0.717, 1.165) is 6.07 Å². The van der Waals surface area contributed by atoms with Gasteiger partial charge in [0, 0.05) is 32.3 Å². The number of carbonyl (C=O) groups excluding carboxylic acids is 1. The third-order valence-electron chi connectivity index (χ3n) is 3.09. The quantitative estimate of drug-likeness (QED) is 0.906. The summed E-state index contributed by atoms with van der Waals surface area (Å²) in [5, 5.41) is 10.2. The summed E-state index contributed by atoms with van der Waals surface area (Å²) in [4.78, 5) is 17.9. The number of hydrogen-bond donors (Lipinski definition) is 1. The van der Waals surface area contributed by atoms with Gasteiger partial charge in [-0.2, -0.15) is 0 Å². The van der Waals surface area contributed by atoms with Gasteiger partial charge in [-0.3, -0.25) is 9.78 Å². The smallest absolute Gasteiger partial charge is 0.256 e. The van der Waals surface area contributed by atoms with Crippen molar-refractivity contribution in [2.75, 3.05) is 27.3 Å². The first kappa shape index (κ1) is 15.3. The predicted octanol–water partition coefficient (Wildman–Crippen LogP) is 1.45. The van der Waals surface area contributed by atoms with E-state index in [9.17, 15) is 14.3 Å². The average molecular weight is 292 g/mol. The van der Waals surface area contributed by atoms with E-state index in [-0.39, 0.29) is 18.7 Å². The van der Waals surface area contributed by atoms with Gasteiger partial charge in [-0.25, -0.2) is 4.39 Å². The molecule has 1 aromatic heterocycles. The van der Waals surface area contributed by atoms with Crippen molar-refractivity contribution in [2.24, 2.45) is 0 Å². The standard InChI is InChI=1S/C15H17FN2O3/c1-18(8-12(19)9-21-2)15(20)13-7-11(16)6-10-4-3-5-17-14(10)13/h3-7,12,19H,8-9H2,1-2H3. The summed E-state index contributed by atoms with van der Waals surface area (Å²) in [6, 6.07) is 5.87. The topological polar surface area (TPSA) is 62.7 Å². The number of fused-ring (bicyclic) bond motifs is 1. The van der Waals surface area contributed by atoms with Crippen LogP contribution in [0.1, 0.15) is 10.4 Å². The van der Waals surface area contributed by atoms with Gasteiger partial charge >= 0.3 is 0 Å². The number of likely N-dealkylation sites (N-methyl/N-ethyl adjacent to an activating group) is 1. The van der Waals surface area contributed by atoms with E-state index in [4.69, 9.17) is 4.74 Å². The summed E-state index contributed by atoms with van der Waals surface area (Å²) in [5.41, 5.74) is 0.620. The summed E-state index contributed by atoms with van der Waals surface area (Å²) in [5.74, 6) is -0.891. The maximum atomic E-state index is 13.6. The minimum absolute atomic E-state index is 0.0948. The second kappa shape index (κ2) is 6.60. The molecule has 0 fully saturated rings. The monoisotopic (exact) mass is 292 g/mol. The van der Waals surface area contributed by atoms with E-state index in [1.54, 1.807) is 25.4 Å². The summed E-state index contributed by atoms with van der Waals surface area (Å²) in [6.45, 7) is 0.220. The number of pyridine rings is 1. The molecule has 6 heteroatoms. The zero-order chi connectivity index (χ0) is 15.4. The number of nitrogens with zero attached hydrogens (tertiary/aromatic N) is 2. The average Bonchev–Trinajstić information content (AvgIpc) is 2.45. The molecule has 5 nitrogen and oxygen atoms in total. The van der Waals surface area contributed by atoms with Gasteiger partial charge in [-0.1, -0.05) is 6.07 Å². The molecule has 1 heterocycles. The number of benzene rings is 1. The summed E-state index contributed by atoms with van der Waals surface area (Å²) in [6.07, 6.45) is 0.758. The molecular formula is C15H17FN2O3. The Balaban J connectivity index is 2.30. The van der Waals surface area contributed by atoms with Crippen LogP contribution in [0.5, 0.6) is 0 Å². The molecule has 112 valence electrons. The lowest BCUT2D eigenvalue weighted by molar-refractivity contribution is 0.0381. The van der Waals surface area contributed by atoms with Gasteiger partial charge in [0.05, 0.1) is 23.8 Å². The second-order valence-corrected chi connectivity index (χ2v) is 4.82. The third-order valence-corrected chi connectivity index (χ3v) is 3.09. The van der Waals surface area contributed by atoms with E-state index < -0.39 is 17.8 Å². The Hall–Kier alpha value is -2.05. The van der Waals surface area contributed by atoms with Gasteiger partial charge in [-0.15, -0.1) is 0 Å². The number of amides is 1. The van der Waals surface area contributed by atoms with Crippen molar-refractivity contribution in [3.63, 3.8) is 0 Å². The number of ether oxygens (including phenoxy) is 1. The Kier molecular flexibility index (Phi) is 4.82. The molecule has 0 saturated carbocycles. The number of rotatable bonds is 5. The van der Waals surface area contributed by atoms with Crippen LogP contribution in [0.15, 0.2) is 30.5 Å². The first-order valence-corrected chi connectivity index (χ1v) is 6.49. The van der Waals surface area contributed by atoms with E-state index in [1.807, 2.05) is 0 Å². The molecule has 0 saturated heterocycles. The zero-order valence-electron chi connectivity index (χ0n) is 11.9. The molecule has 0 radical (unpaired) electrons. The minimum Gasteiger partial charge on any atom is -0.389 e. The fourth-order valence-electron chi connectivity index (χ4n) is 2.17. The SMILES string of the molecule is COCC(O)CN(C)C(=O)c1cc(F)cc2cccnc12. The molecule has 0 spiro atoms. The van der Waals surface area contributed by atoms with Gasteiger partial charge in [-0.05, 0) is 18.2 Å². The van der Waals surface area contributed by atoms with Crippen LogP contribution in [0, 0.1) is 5.82 Å². The fourth-order valence-corrected chi connectivity index (χ4v) is 2.17. The number of aromatic nitrogens is 1. The van der Waals surface area contributed by atoms with E-state index in [0.29, 0.717) is 10.9 Å². The molecule has 21 heavy (non-hydrogen) atoms. The summed E-state index contributed by atoms with van der Waals surface area (Å²) in [7, 11) is 3.01. The van der Waals surface area contributed by atoms with Crippen molar-refractivity contribution in [3.05, 3.63) is 41.8 Å². The predicted molar refractivity (Wildman–Crippen MR) is 76.5 cm³/mol. The molecule has 0 aliphatic rings. The molecule has 2 rings (SSSR count).